The van der Waals surface area contributed by atoms with Crippen LogP contribution in [-0.2, 0) is 26.2 Å². The number of rotatable bonds is 9. The molecule has 2 aromatic carbocycles. The minimum atomic E-state index is -3.95. The second-order valence-corrected chi connectivity index (χ2v) is 8.75. The van der Waals surface area contributed by atoms with Gasteiger partial charge in [-0.25, -0.2) is 8.42 Å². The molecule has 1 N–H and O–H groups in total. The molecule has 2 rings (SSSR count). The third kappa shape index (κ3) is 6.25. The van der Waals surface area contributed by atoms with Gasteiger partial charge in [0.25, 0.3) is 5.69 Å². The lowest BCUT2D eigenvalue weighted by Crippen LogP contribution is -2.50. The zero-order valence-corrected chi connectivity index (χ0v) is 18.2. The van der Waals surface area contributed by atoms with Crippen molar-refractivity contribution in [2.24, 2.45) is 0 Å². The average molecular weight is 449 g/mol. The Bertz CT molecular complexity index is 1060. The van der Waals surface area contributed by atoms with Crippen LogP contribution in [0.1, 0.15) is 12.5 Å². The van der Waals surface area contributed by atoms with Gasteiger partial charge in [-0.3, -0.25) is 24.0 Å². The fraction of sp³-hybridized carbons (Fsp3) is 0.300. The predicted molar refractivity (Wildman–Crippen MR) is 116 cm³/mol. The number of sulfonamides is 1. The van der Waals surface area contributed by atoms with E-state index in [-0.39, 0.29) is 17.9 Å². The van der Waals surface area contributed by atoms with Crippen molar-refractivity contribution in [1.29, 1.82) is 0 Å². The molecule has 10 nitrogen and oxygen atoms in total. The van der Waals surface area contributed by atoms with Gasteiger partial charge in [-0.05, 0) is 18.6 Å². The van der Waals surface area contributed by atoms with Gasteiger partial charge in [-0.15, -0.1) is 0 Å². The molecule has 0 aliphatic rings. The number of nitro groups is 1. The first-order valence-electron chi connectivity index (χ1n) is 9.31. The number of hydrogen-bond donors (Lipinski definition) is 1. The third-order valence-corrected chi connectivity index (χ3v) is 5.76. The van der Waals surface area contributed by atoms with E-state index in [1.807, 2.05) is 6.07 Å². The first-order chi connectivity index (χ1) is 14.5. The highest BCUT2D eigenvalue weighted by Gasteiger charge is 2.30. The second kappa shape index (κ2) is 10.0. The molecule has 0 heterocycles. The van der Waals surface area contributed by atoms with E-state index < -0.39 is 39.3 Å². The second-order valence-electron chi connectivity index (χ2n) is 6.84. The van der Waals surface area contributed by atoms with Crippen LogP contribution in [0, 0.1) is 10.1 Å². The van der Waals surface area contributed by atoms with Gasteiger partial charge in [0.05, 0.1) is 16.9 Å². The Hall–Kier alpha value is -3.47. The Morgan fingerprint density at radius 2 is 1.77 bits per heavy atom. The summed E-state index contributed by atoms with van der Waals surface area (Å²) < 4.78 is 25.6. The van der Waals surface area contributed by atoms with Gasteiger partial charge in [0.1, 0.15) is 12.6 Å². The zero-order chi connectivity index (χ0) is 23.2. The SMILES string of the molecule is CNC(=O)[C@@H](C)N(Cc1ccccc1)C(=O)CN(c1cccc([N+](=O)[O-])c1)S(C)(=O)=O. The summed E-state index contributed by atoms with van der Waals surface area (Å²) in [6.45, 7) is 1.01. The highest BCUT2D eigenvalue weighted by Crippen LogP contribution is 2.23. The fourth-order valence-electron chi connectivity index (χ4n) is 2.95. The largest absolute Gasteiger partial charge is 0.357 e. The number of nitrogens with zero attached hydrogens (tertiary/aromatic N) is 3. The molecule has 166 valence electrons. The monoisotopic (exact) mass is 448 g/mol. The lowest BCUT2D eigenvalue weighted by atomic mass is 10.1. The first-order valence-corrected chi connectivity index (χ1v) is 11.2. The van der Waals surface area contributed by atoms with Crippen LogP contribution in [0.2, 0.25) is 0 Å². The van der Waals surface area contributed by atoms with E-state index in [9.17, 15) is 28.1 Å². The number of amides is 2. The number of hydrogen-bond acceptors (Lipinski definition) is 6. The molecule has 2 aromatic rings. The quantitative estimate of drug-likeness (QED) is 0.457. The number of benzene rings is 2. The Morgan fingerprint density at radius 3 is 2.32 bits per heavy atom. The maximum atomic E-state index is 13.2. The summed E-state index contributed by atoms with van der Waals surface area (Å²) in [4.78, 5) is 37.1. The molecule has 0 bridgehead atoms. The van der Waals surface area contributed by atoms with Crippen LogP contribution in [0.5, 0.6) is 0 Å². The van der Waals surface area contributed by atoms with Crippen molar-refractivity contribution in [2.45, 2.75) is 19.5 Å². The first kappa shape index (κ1) is 23.8. The summed E-state index contributed by atoms with van der Waals surface area (Å²) >= 11 is 0. The molecule has 0 fully saturated rings. The maximum Gasteiger partial charge on any atom is 0.271 e. The van der Waals surface area contributed by atoms with Crippen molar-refractivity contribution in [1.82, 2.24) is 10.2 Å². The number of likely N-dealkylation sites (N-methyl/N-ethyl adjacent to an activating group) is 1. The molecular formula is C20H24N4O6S. The molecule has 31 heavy (non-hydrogen) atoms. The average Bonchev–Trinajstić information content (AvgIpc) is 2.74. The molecule has 11 heteroatoms. The summed E-state index contributed by atoms with van der Waals surface area (Å²) in [6, 6.07) is 13.1. The summed E-state index contributed by atoms with van der Waals surface area (Å²) in [5.74, 6) is -1.04. The number of non-ortho nitro benzene ring substituents is 1. The molecule has 0 aromatic heterocycles. The minimum Gasteiger partial charge on any atom is -0.357 e. The van der Waals surface area contributed by atoms with Gasteiger partial charge < -0.3 is 10.2 Å². The molecule has 1 atom stereocenters. The molecule has 0 unspecified atom stereocenters. The van der Waals surface area contributed by atoms with E-state index in [4.69, 9.17) is 0 Å². The molecule has 0 aliphatic heterocycles. The van der Waals surface area contributed by atoms with E-state index in [0.717, 1.165) is 22.2 Å². The Kier molecular flexibility index (Phi) is 7.70. The van der Waals surface area contributed by atoms with Gasteiger partial charge in [-0.1, -0.05) is 36.4 Å². The number of carbonyl (C=O) groups is 2. The molecule has 0 aliphatic carbocycles. The van der Waals surface area contributed by atoms with Gasteiger partial charge in [0.2, 0.25) is 21.8 Å². The van der Waals surface area contributed by atoms with Crippen molar-refractivity contribution < 1.29 is 22.9 Å². The van der Waals surface area contributed by atoms with Crippen LogP contribution in [0.25, 0.3) is 0 Å². The van der Waals surface area contributed by atoms with Crippen LogP contribution in [0.3, 0.4) is 0 Å². The summed E-state index contributed by atoms with van der Waals surface area (Å²) in [7, 11) is -2.51. The Labute approximate surface area is 180 Å². The topological polar surface area (TPSA) is 130 Å². The summed E-state index contributed by atoms with van der Waals surface area (Å²) in [5.41, 5.74) is 0.434. The summed E-state index contributed by atoms with van der Waals surface area (Å²) in [6.07, 6.45) is 0.906. The normalized spacial score (nSPS) is 12.0. The molecular weight excluding hydrogens is 424 g/mol. The van der Waals surface area contributed by atoms with E-state index in [2.05, 4.69) is 5.32 Å². The fourth-order valence-corrected chi connectivity index (χ4v) is 3.79. The number of nitro benzene ring substituents is 1. The standard InChI is InChI=1S/C20H24N4O6S/c1-15(20(26)21-2)22(13-16-8-5-4-6-9-16)19(25)14-23(31(3,29)30)17-10-7-11-18(12-17)24(27)28/h4-12,15H,13-14H2,1-3H3,(H,21,26)/t15-/m1/s1. The van der Waals surface area contributed by atoms with E-state index in [1.54, 1.807) is 24.3 Å². The van der Waals surface area contributed by atoms with Crippen LogP contribution in [0.4, 0.5) is 11.4 Å². The zero-order valence-electron chi connectivity index (χ0n) is 17.4. The van der Waals surface area contributed by atoms with Crippen LogP contribution in [-0.4, -0.2) is 55.9 Å². The summed E-state index contributed by atoms with van der Waals surface area (Å²) in [5, 5.41) is 13.6. The van der Waals surface area contributed by atoms with Crippen LogP contribution < -0.4 is 9.62 Å². The van der Waals surface area contributed by atoms with Crippen molar-refractivity contribution in [3.8, 4) is 0 Å². The number of anilines is 1. The van der Waals surface area contributed by atoms with Crippen LogP contribution in [0.15, 0.2) is 54.6 Å². The van der Waals surface area contributed by atoms with E-state index in [0.29, 0.717) is 0 Å². The van der Waals surface area contributed by atoms with Crippen molar-refractivity contribution in [3.63, 3.8) is 0 Å². The lowest BCUT2D eigenvalue weighted by Gasteiger charge is -2.31. The predicted octanol–water partition coefficient (Wildman–Crippen LogP) is 1.52. The molecule has 0 saturated carbocycles. The smallest absolute Gasteiger partial charge is 0.271 e. The number of carbonyl (C=O) groups excluding carboxylic acids is 2. The Morgan fingerprint density at radius 1 is 1.13 bits per heavy atom. The van der Waals surface area contributed by atoms with Gasteiger partial charge in [0.15, 0.2) is 0 Å². The molecule has 2 amide bonds. The molecule has 0 radical (unpaired) electrons. The molecule has 0 saturated heterocycles. The minimum absolute atomic E-state index is 0.0164. The number of nitrogens with one attached hydrogen (secondary N) is 1. The van der Waals surface area contributed by atoms with Crippen molar-refractivity contribution >= 4 is 33.2 Å². The van der Waals surface area contributed by atoms with E-state index >= 15 is 0 Å². The Balaban J connectivity index is 2.40. The highest BCUT2D eigenvalue weighted by molar-refractivity contribution is 7.92. The van der Waals surface area contributed by atoms with Gasteiger partial charge >= 0.3 is 0 Å². The van der Waals surface area contributed by atoms with Crippen molar-refractivity contribution in [3.05, 3.63) is 70.3 Å². The third-order valence-electron chi connectivity index (χ3n) is 4.62. The van der Waals surface area contributed by atoms with Crippen LogP contribution >= 0.6 is 0 Å². The van der Waals surface area contributed by atoms with Gasteiger partial charge in [-0.2, -0.15) is 0 Å². The maximum absolute atomic E-state index is 13.2. The van der Waals surface area contributed by atoms with Gasteiger partial charge in [0, 0.05) is 25.7 Å². The van der Waals surface area contributed by atoms with Crippen molar-refractivity contribution in [2.75, 3.05) is 24.2 Å². The van der Waals surface area contributed by atoms with E-state index in [1.165, 1.54) is 37.1 Å². The highest BCUT2D eigenvalue weighted by atomic mass is 32.2. The molecule has 0 spiro atoms. The lowest BCUT2D eigenvalue weighted by molar-refractivity contribution is -0.384.